The number of carboxylic acids is 1. The zero-order valence-electron chi connectivity index (χ0n) is 16.4. The fourth-order valence-electron chi connectivity index (χ4n) is 7.23. The highest BCUT2D eigenvalue weighted by Gasteiger charge is 2.57. The van der Waals surface area contributed by atoms with Crippen molar-refractivity contribution >= 4 is 11.8 Å². The van der Waals surface area contributed by atoms with Crippen molar-refractivity contribution in [1.29, 1.82) is 5.26 Å². The van der Waals surface area contributed by atoms with Gasteiger partial charge in [-0.05, 0) is 85.2 Å². The lowest BCUT2D eigenvalue weighted by Crippen LogP contribution is -2.49. The molecule has 4 rings (SSSR count). The van der Waals surface area contributed by atoms with Gasteiger partial charge in [0.05, 0.1) is 12.5 Å². The van der Waals surface area contributed by atoms with Gasteiger partial charge < -0.3 is 5.11 Å². The minimum absolute atomic E-state index is 0.0241. The largest absolute Gasteiger partial charge is 0.481 e. The molecule has 5 atom stereocenters. The van der Waals surface area contributed by atoms with Crippen molar-refractivity contribution in [2.45, 2.75) is 71.6 Å². The monoisotopic (exact) mass is 367 g/mol. The van der Waals surface area contributed by atoms with Crippen molar-refractivity contribution in [3.63, 3.8) is 0 Å². The summed E-state index contributed by atoms with van der Waals surface area (Å²) in [6.45, 7) is 4.66. The van der Waals surface area contributed by atoms with E-state index in [1.54, 1.807) is 0 Å². The number of carbonyl (C=O) groups excluding carboxylic acids is 1. The summed E-state index contributed by atoms with van der Waals surface area (Å²) in [6.07, 6.45) is 9.71. The third kappa shape index (κ3) is 2.70. The molecule has 4 aliphatic rings. The Morgan fingerprint density at radius 2 is 1.89 bits per heavy atom. The fourth-order valence-corrected chi connectivity index (χ4v) is 7.23. The lowest BCUT2D eigenvalue weighted by molar-refractivity contribution is -0.136. The minimum atomic E-state index is -0.911. The Hall–Kier alpha value is -1.89. The molecule has 144 valence electrons. The number of aliphatic carboxylic acids is 1. The highest BCUT2D eigenvalue weighted by atomic mass is 16.4. The standard InChI is InChI=1S/C23H29NO3/c1-22-9-7-16(25)12-15(22)3-4-17-19-6-5-18(14(13-24)11-21(26)27)23(19,2)10-8-20(17)22/h12,17,19-20H,3-11H2,1-2H3,(H,26,27)/t17?,19?,20?,22-,23+/m0/s1. The SMILES string of the molecule is C[C@]12CCC(=O)C=C1CCC1C2CC[C@]2(C)C(=C(C#N)CC(=O)O)CCC12. The van der Waals surface area contributed by atoms with E-state index in [-0.39, 0.29) is 17.3 Å². The van der Waals surface area contributed by atoms with Crippen LogP contribution in [-0.4, -0.2) is 16.9 Å². The van der Waals surface area contributed by atoms with E-state index in [1.165, 1.54) is 5.57 Å². The average Bonchev–Trinajstić information content (AvgIpc) is 2.97. The Bertz CT molecular complexity index is 801. The highest BCUT2D eigenvalue weighted by molar-refractivity contribution is 5.91. The predicted octanol–water partition coefficient (Wildman–Crippen LogP) is 4.81. The summed E-state index contributed by atoms with van der Waals surface area (Å²) >= 11 is 0. The van der Waals surface area contributed by atoms with Crippen molar-refractivity contribution in [1.82, 2.24) is 0 Å². The number of allylic oxidation sites excluding steroid dienone is 2. The maximum Gasteiger partial charge on any atom is 0.308 e. The van der Waals surface area contributed by atoms with Crippen molar-refractivity contribution < 1.29 is 14.7 Å². The van der Waals surface area contributed by atoms with E-state index in [1.807, 2.05) is 6.08 Å². The molecule has 0 radical (unpaired) electrons. The van der Waals surface area contributed by atoms with Crippen molar-refractivity contribution in [3.05, 3.63) is 22.8 Å². The summed E-state index contributed by atoms with van der Waals surface area (Å²) in [4.78, 5) is 23.2. The molecule has 4 aliphatic carbocycles. The number of hydrogen-bond acceptors (Lipinski definition) is 3. The summed E-state index contributed by atoms with van der Waals surface area (Å²) in [6, 6.07) is 2.22. The lowest BCUT2D eigenvalue weighted by Gasteiger charge is -2.57. The lowest BCUT2D eigenvalue weighted by atomic mass is 9.47. The number of fused-ring (bicyclic) bond motifs is 5. The van der Waals surface area contributed by atoms with E-state index < -0.39 is 5.97 Å². The first-order valence-corrected chi connectivity index (χ1v) is 10.4. The van der Waals surface area contributed by atoms with Crippen LogP contribution in [0.5, 0.6) is 0 Å². The third-order valence-electron chi connectivity index (χ3n) is 8.57. The topological polar surface area (TPSA) is 78.2 Å². The van der Waals surface area contributed by atoms with Crippen LogP contribution < -0.4 is 0 Å². The van der Waals surface area contributed by atoms with Gasteiger partial charge >= 0.3 is 5.97 Å². The van der Waals surface area contributed by atoms with Crippen molar-refractivity contribution in [2.24, 2.45) is 28.6 Å². The highest BCUT2D eigenvalue weighted by Crippen LogP contribution is 2.66. The third-order valence-corrected chi connectivity index (χ3v) is 8.57. The van der Waals surface area contributed by atoms with Crippen molar-refractivity contribution in [3.8, 4) is 6.07 Å². The number of carboxylic acid groups (broad SMARTS) is 1. The van der Waals surface area contributed by atoms with Crippen LogP contribution in [0.15, 0.2) is 22.8 Å². The van der Waals surface area contributed by atoms with E-state index in [9.17, 15) is 20.0 Å². The van der Waals surface area contributed by atoms with Crippen LogP contribution in [-0.2, 0) is 9.59 Å². The summed E-state index contributed by atoms with van der Waals surface area (Å²) < 4.78 is 0. The number of ketones is 1. The molecule has 0 aliphatic heterocycles. The first-order valence-electron chi connectivity index (χ1n) is 10.4. The predicted molar refractivity (Wildman–Crippen MR) is 102 cm³/mol. The molecule has 1 N–H and O–H groups in total. The van der Waals surface area contributed by atoms with E-state index in [0.717, 1.165) is 50.5 Å². The smallest absolute Gasteiger partial charge is 0.308 e. The van der Waals surface area contributed by atoms with Crippen LogP contribution in [0.2, 0.25) is 0 Å². The molecule has 4 heteroatoms. The van der Waals surface area contributed by atoms with Gasteiger partial charge in [0, 0.05) is 12.0 Å². The first kappa shape index (κ1) is 18.5. The second-order valence-corrected chi connectivity index (χ2v) is 9.60. The number of nitrogens with zero attached hydrogens (tertiary/aromatic N) is 1. The molecular weight excluding hydrogens is 338 g/mol. The van der Waals surface area contributed by atoms with Gasteiger partial charge in [-0.25, -0.2) is 0 Å². The molecule has 3 unspecified atom stereocenters. The second-order valence-electron chi connectivity index (χ2n) is 9.60. The Labute approximate surface area is 161 Å². The van der Waals surface area contributed by atoms with Crippen molar-refractivity contribution in [2.75, 3.05) is 0 Å². The van der Waals surface area contributed by atoms with Gasteiger partial charge in [-0.2, -0.15) is 5.26 Å². The average molecular weight is 367 g/mol. The molecule has 3 saturated carbocycles. The summed E-state index contributed by atoms with van der Waals surface area (Å²) in [5.41, 5.74) is 3.13. The summed E-state index contributed by atoms with van der Waals surface area (Å²) in [7, 11) is 0. The Morgan fingerprint density at radius 1 is 1.15 bits per heavy atom. The minimum Gasteiger partial charge on any atom is -0.481 e. The number of carbonyl (C=O) groups is 2. The van der Waals surface area contributed by atoms with Gasteiger partial charge in [0.1, 0.15) is 0 Å². The molecule has 3 fully saturated rings. The Morgan fingerprint density at radius 3 is 2.59 bits per heavy atom. The second kappa shape index (κ2) is 6.33. The maximum atomic E-state index is 11.9. The van der Waals surface area contributed by atoms with Crippen LogP contribution in [0.3, 0.4) is 0 Å². The molecule has 0 aromatic rings. The molecule has 27 heavy (non-hydrogen) atoms. The molecule has 0 saturated heterocycles. The Kier molecular flexibility index (Phi) is 4.33. The van der Waals surface area contributed by atoms with Gasteiger partial charge in [0.2, 0.25) is 0 Å². The van der Waals surface area contributed by atoms with Crippen LogP contribution in [0.4, 0.5) is 0 Å². The maximum absolute atomic E-state index is 11.9. The number of nitriles is 1. The van der Waals surface area contributed by atoms with Gasteiger partial charge in [-0.15, -0.1) is 0 Å². The molecule has 0 aromatic carbocycles. The van der Waals surface area contributed by atoms with E-state index in [4.69, 9.17) is 0 Å². The van der Waals surface area contributed by atoms with E-state index in [2.05, 4.69) is 19.9 Å². The van der Waals surface area contributed by atoms with Gasteiger partial charge in [-0.3, -0.25) is 9.59 Å². The Balaban J connectivity index is 1.68. The molecule has 0 aromatic heterocycles. The molecule has 0 spiro atoms. The fraction of sp³-hybridized carbons (Fsp3) is 0.696. The molecule has 0 bridgehead atoms. The van der Waals surface area contributed by atoms with Crippen LogP contribution >= 0.6 is 0 Å². The number of rotatable bonds is 2. The van der Waals surface area contributed by atoms with Gasteiger partial charge in [-0.1, -0.05) is 19.4 Å². The molecule has 0 heterocycles. The van der Waals surface area contributed by atoms with Gasteiger partial charge in [0.25, 0.3) is 0 Å². The van der Waals surface area contributed by atoms with E-state index >= 15 is 0 Å². The zero-order chi connectivity index (χ0) is 19.4. The van der Waals surface area contributed by atoms with Gasteiger partial charge in [0.15, 0.2) is 5.78 Å². The van der Waals surface area contributed by atoms with E-state index in [0.29, 0.717) is 35.5 Å². The van der Waals surface area contributed by atoms with Crippen LogP contribution in [0.25, 0.3) is 0 Å². The van der Waals surface area contributed by atoms with Crippen LogP contribution in [0, 0.1) is 39.9 Å². The molecule has 0 amide bonds. The molecular formula is C23H29NO3. The van der Waals surface area contributed by atoms with Crippen LogP contribution in [0.1, 0.15) is 71.6 Å². The first-order chi connectivity index (χ1) is 12.8. The number of hydrogen-bond donors (Lipinski definition) is 1. The molecule has 4 nitrogen and oxygen atoms in total. The zero-order valence-corrected chi connectivity index (χ0v) is 16.4. The quantitative estimate of drug-likeness (QED) is 0.710. The summed E-state index contributed by atoms with van der Waals surface area (Å²) in [5, 5.41) is 18.8. The normalized spacial score (nSPS) is 42.3. The summed E-state index contributed by atoms with van der Waals surface area (Å²) in [5.74, 6) is 1.17.